The molecular formula is C15H17F2N3O. The SMILES string of the molecule is CC(C)Oc1ncccc1CNc1cc(F)cc(F)c1N. The lowest BCUT2D eigenvalue weighted by atomic mass is 10.2. The van der Waals surface area contributed by atoms with Gasteiger partial charge in [-0.05, 0) is 26.0 Å². The monoisotopic (exact) mass is 293 g/mol. The summed E-state index contributed by atoms with van der Waals surface area (Å²) in [5.74, 6) is -0.994. The topological polar surface area (TPSA) is 60.2 Å². The molecule has 2 rings (SSSR count). The number of hydrogen-bond acceptors (Lipinski definition) is 4. The largest absolute Gasteiger partial charge is 0.475 e. The molecule has 1 aromatic heterocycles. The fourth-order valence-corrected chi connectivity index (χ4v) is 1.81. The van der Waals surface area contributed by atoms with Crippen molar-refractivity contribution in [1.82, 2.24) is 4.98 Å². The maximum absolute atomic E-state index is 13.4. The molecule has 0 aliphatic rings. The molecule has 0 bridgehead atoms. The minimum Gasteiger partial charge on any atom is -0.475 e. The number of nitrogen functional groups attached to an aromatic ring is 1. The predicted octanol–water partition coefficient (Wildman–Crippen LogP) is 3.34. The fraction of sp³-hybridized carbons (Fsp3) is 0.267. The van der Waals surface area contributed by atoms with Crippen LogP contribution < -0.4 is 15.8 Å². The number of nitrogens with zero attached hydrogens (tertiary/aromatic N) is 1. The van der Waals surface area contributed by atoms with Gasteiger partial charge in [0.2, 0.25) is 5.88 Å². The van der Waals surface area contributed by atoms with Gasteiger partial charge >= 0.3 is 0 Å². The Balaban J connectivity index is 2.17. The van der Waals surface area contributed by atoms with Crippen molar-refractivity contribution in [2.24, 2.45) is 0 Å². The second-order valence-electron chi connectivity index (χ2n) is 4.84. The zero-order chi connectivity index (χ0) is 15.4. The smallest absolute Gasteiger partial charge is 0.218 e. The highest BCUT2D eigenvalue weighted by Gasteiger charge is 2.10. The Morgan fingerprint density at radius 1 is 1.33 bits per heavy atom. The van der Waals surface area contributed by atoms with Crippen LogP contribution in [-0.4, -0.2) is 11.1 Å². The first-order chi connectivity index (χ1) is 9.97. The molecule has 0 aliphatic carbocycles. The third-order valence-electron chi connectivity index (χ3n) is 2.76. The quantitative estimate of drug-likeness (QED) is 0.830. The molecule has 4 nitrogen and oxygen atoms in total. The lowest BCUT2D eigenvalue weighted by Gasteiger charge is -2.14. The molecule has 0 unspecified atom stereocenters. The minimum absolute atomic E-state index is 0.0182. The van der Waals surface area contributed by atoms with E-state index in [0.29, 0.717) is 12.4 Å². The van der Waals surface area contributed by atoms with Crippen LogP contribution in [0, 0.1) is 11.6 Å². The van der Waals surface area contributed by atoms with E-state index in [2.05, 4.69) is 10.3 Å². The van der Waals surface area contributed by atoms with Crippen LogP contribution in [0.15, 0.2) is 30.5 Å². The van der Waals surface area contributed by atoms with Crippen molar-refractivity contribution in [3.8, 4) is 5.88 Å². The van der Waals surface area contributed by atoms with Crippen molar-refractivity contribution in [1.29, 1.82) is 0 Å². The molecule has 0 aliphatic heterocycles. The number of ether oxygens (including phenoxy) is 1. The molecule has 1 heterocycles. The van der Waals surface area contributed by atoms with Gasteiger partial charge in [-0.25, -0.2) is 13.8 Å². The van der Waals surface area contributed by atoms with Crippen molar-refractivity contribution < 1.29 is 13.5 Å². The van der Waals surface area contributed by atoms with E-state index in [-0.39, 0.29) is 17.5 Å². The molecule has 6 heteroatoms. The maximum Gasteiger partial charge on any atom is 0.218 e. The Morgan fingerprint density at radius 3 is 2.81 bits per heavy atom. The Morgan fingerprint density at radius 2 is 2.10 bits per heavy atom. The van der Waals surface area contributed by atoms with E-state index in [4.69, 9.17) is 10.5 Å². The van der Waals surface area contributed by atoms with E-state index in [1.165, 1.54) is 0 Å². The normalized spacial score (nSPS) is 10.7. The average Bonchev–Trinajstić information content (AvgIpc) is 2.42. The fourth-order valence-electron chi connectivity index (χ4n) is 1.81. The number of nitrogens with two attached hydrogens (primary N) is 1. The predicted molar refractivity (Wildman–Crippen MR) is 78.1 cm³/mol. The number of nitrogens with one attached hydrogen (secondary N) is 1. The molecule has 0 atom stereocenters. The van der Waals surface area contributed by atoms with Gasteiger partial charge in [-0.3, -0.25) is 0 Å². The van der Waals surface area contributed by atoms with Crippen molar-refractivity contribution in [2.75, 3.05) is 11.1 Å². The molecule has 3 N–H and O–H groups in total. The lowest BCUT2D eigenvalue weighted by Crippen LogP contribution is -2.11. The van der Waals surface area contributed by atoms with Gasteiger partial charge in [-0.1, -0.05) is 6.07 Å². The van der Waals surface area contributed by atoms with E-state index in [1.54, 1.807) is 12.3 Å². The van der Waals surface area contributed by atoms with Gasteiger partial charge in [-0.2, -0.15) is 0 Å². The van der Waals surface area contributed by atoms with Crippen molar-refractivity contribution >= 4 is 11.4 Å². The highest BCUT2D eigenvalue weighted by atomic mass is 19.1. The second kappa shape index (κ2) is 6.39. The first-order valence-corrected chi connectivity index (χ1v) is 6.56. The molecule has 0 fully saturated rings. The molecule has 0 saturated heterocycles. The lowest BCUT2D eigenvalue weighted by molar-refractivity contribution is 0.230. The molecule has 0 radical (unpaired) electrons. The maximum atomic E-state index is 13.4. The third kappa shape index (κ3) is 3.81. The van der Waals surface area contributed by atoms with Crippen LogP contribution >= 0.6 is 0 Å². The van der Waals surface area contributed by atoms with E-state index in [9.17, 15) is 8.78 Å². The van der Waals surface area contributed by atoms with Crippen LogP contribution in [0.5, 0.6) is 5.88 Å². The molecule has 0 saturated carbocycles. The Bertz CT molecular complexity index is 632. The van der Waals surface area contributed by atoms with Gasteiger partial charge in [0.15, 0.2) is 5.82 Å². The highest BCUT2D eigenvalue weighted by molar-refractivity contribution is 5.66. The van der Waals surface area contributed by atoms with Gasteiger partial charge in [0, 0.05) is 24.4 Å². The van der Waals surface area contributed by atoms with Gasteiger partial charge in [0.25, 0.3) is 0 Å². The summed E-state index contributed by atoms with van der Waals surface area (Å²) >= 11 is 0. The molecule has 0 spiro atoms. The summed E-state index contributed by atoms with van der Waals surface area (Å²) in [6.45, 7) is 4.08. The summed E-state index contributed by atoms with van der Waals surface area (Å²) in [5, 5.41) is 2.90. The number of hydrogen-bond donors (Lipinski definition) is 2. The van der Waals surface area contributed by atoms with Crippen LogP contribution in [0.3, 0.4) is 0 Å². The second-order valence-corrected chi connectivity index (χ2v) is 4.84. The first kappa shape index (κ1) is 15.0. The summed E-state index contributed by atoms with van der Waals surface area (Å²) in [7, 11) is 0. The van der Waals surface area contributed by atoms with E-state index in [0.717, 1.165) is 17.7 Å². The number of rotatable bonds is 5. The van der Waals surface area contributed by atoms with Gasteiger partial charge < -0.3 is 15.8 Å². The van der Waals surface area contributed by atoms with E-state index in [1.807, 2.05) is 19.9 Å². The van der Waals surface area contributed by atoms with Crippen molar-refractivity contribution in [2.45, 2.75) is 26.5 Å². The Kier molecular flexibility index (Phi) is 4.57. The molecule has 1 aromatic carbocycles. The van der Waals surface area contributed by atoms with Crippen LogP contribution in [0.2, 0.25) is 0 Å². The van der Waals surface area contributed by atoms with Crippen molar-refractivity contribution in [3.63, 3.8) is 0 Å². The zero-order valence-electron chi connectivity index (χ0n) is 11.9. The molecular weight excluding hydrogens is 276 g/mol. The number of pyridine rings is 1. The molecule has 112 valence electrons. The number of aromatic nitrogens is 1. The average molecular weight is 293 g/mol. The van der Waals surface area contributed by atoms with Gasteiger partial charge in [-0.15, -0.1) is 0 Å². The van der Waals surface area contributed by atoms with E-state index < -0.39 is 11.6 Å². The Hall–Kier alpha value is -2.37. The molecule has 0 amide bonds. The van der Waals surface area contributed by atoms with Crippen LogP contribution in [-0.2, 0) is 6.54 Å². The minimum atomic E-state index is -0.789. The molecule has 21 heavy (non-hydrogen) atoms. The third-order valence-corrected chi connectivity index (χ3v) is 2.76. The standard InChI is InChI=1S/C15H17F2N3O/c1-9(2)21-15-10(4-3-5-19-15)8-20-13-7-11(16)6-12(17)14(13)18/h3-7,9,20H,8,18H2,1-2H3. The number of benzene rings is 1. The van der Waals surface area contributed by atoms with Crippen LogP contribution in [0.25, 0.3) is 0 Å². The number of halogens is 2. The van der Waals surface area contributed by atoms with Crippen molar-refractivity contribution in [3.05, 3.63) is 47.7 Å². The summed E-state index contributed by atoms with van der Waals surface area (Å²) in [6, 6.07) is 5.49. The summed E-state index contributed by atoms with van der Waals surface area (Å²) in [5.41, 5.74) is 6.44. The van der Waals surface area contributed by atoms with Crippen LogP contribution in [0.1, 0.15) is 19.4 Å². The number of anilines is 2. The molecule has 2 aromatic rings. The van der Waals surface area contributed by atoms with Gasteiger partial charge in [0.05, 0.1) is 17.5 Å². The van der Waals surface area contributed by atoms with E-state index >= 15 is 0 Å². The zero-order valence-corrected chi connectivity index (χ0v) is 11.9. The summed E-state index contributed by atoms with van der Waals surface area (Å²) < 4.78 is 32.2. The Labute approximate surface area is 122 Å². The summed E-state index contributed by atoms with van der Waals surface area (Å²) in [4.78, 5) is 4.15. The van der Waals surface area contributed by atoms with Gasteiger partial charge in [0.1, 0.15) is 5.82 Å². The first-order valence-electron chi connectivity index (χ1n) is 6.56. The summed E-state index contributed by atoms with van der Waals surface area (Å²) in [6.07, 6.45) is 1.60. The highest BCUT2D eigenvalue weighted by Crippen LogP contribution is 2.25. The van der Waals surface area contributed by atoms with Crippen LogP contribution in [0.4, 0.5) is 20.2 Å².